The number of thioether (sulfide) groups is 1. The fraction of sp³-hybridized carbons (Fsp3) is 0.714. The summed E-state index contributed by atoms with van der Waals surface area (Å²) in [6.45, 7) is 8.92. The normalized spacial score (nSPS) is 21.5. The summed E-state index contributed by atoms with van der Waals surface area (Å²) in [7, 11) is -16.4. The Labute approximate surface area is 368 Å². The predicted octanol–water partition coefficient (Wildman–Crippen LogP) is 2.85. The second-order valence-corrected chi connectivity index (χ2v) is 21.4. The van der Waals surface area contributed by atoms with Crippen molar-refractivity contribution < 1.29 is 80.5 Å². The number of fused-ring (bicyclic) bond motifs is 1. The van der Waals surface area contributed by atoms with Gasteiger partial charge in [-0.2, -0.15) is 4.31 Å². The first-order chi connectivity index (χ1) is 29.2. The molecule has 3 heterocycles. The van der Waals surface area contributed by atoms with Gasteiger partial charge in [-0.05, 0) is 37.2 Å². The molecule has 0 aromatic carbocycles. The number of carbonyl (C=O) groups is 3. The maximum atomic E-state index is 12.7. The summed E-state index contributed by atoms with van der Waals surface area (Å²) < 4.78 is 62.4. The lowest BCUT2D eigenvalue weighted by atomic mass is 9.87. The number of aliphatic hydroxyl groups is 2. The second kappa shape index (κ2) is 24.2. The predicted molar refractivity (Wildman–Crippen MR) is 228 cm³/mol. The maximum absolute atomic E-state index is 12.7. The minimum absolute atomic E-state index is 0.0312. The zero-order chi connectivity index (χ0) is 47.3. The maximum Gasteiger partial charge on any atom is 0.481 e. The number of hydrogen-bond donors (Lipinski definition) is 9. The third kappa shape index (κ3) is 18.2. The summed E-state index contributed by atoms with van der Waals surface area (Å²) >= 11 is 1.09. The number of hydrogen-bond acceptors (Lipinski definition) is 18. The zero-order valence-corrected chi connectivity index (χ0v) is 39.3. The molecule has 10 N–H and O–H groups in total. The molecular weight excluding hydrogens is 915 g/mol. The summed E-state index contributed by atoms with van der Waals surface area (Å²) in [5.41, 5.74) is 4.93. The van der Waals surface area contributed by atoms with Crippen LogP contribution in [0.25, 0.3) is 11.2 Å². The number of nitrogen functional groups attached to an aromatic ring is 1. The summed E-state index contributed by atoms with van der Waals surface area (Å²) in [5, 5.41) is 26.5. The quantitative estimate of drug-likeness (QED) is 0.0353. The molecule has 0 radical (unpaired) electrons. The van der Waals surface area contributed by atoms with E-state index in [0.717, 1.165) is 48.2 Å². The molecule has 3 rings (SSSR count). The van der Waals surface area contributed by atoms with Crippen LogP contribution in [0.2, 0.25) is 0 Å². The van der Waals surface area contributed by atoms with Crippen LogP contribution in [0.1, 0.15) is 86.3 Å². The number of imidazole rings is 1. The van der Waals surface area contributed by atoms with Gasteiger partial charge in [0.25, 0.3) is 0 Å². The number of aliphatic hydroxyl groups excluding tert-OH is 2. The fourth-order valence-corrected chi connectivity index (χ4v) is 9.60. The van der Waals surface area contributed by atoms with Crippen LogP contribution in [0.15, 0.2) is 24.3 Å². The van der Waals surface area contributed by atoms with E-state index in [-0.39, 0.29) is 41.6 Å². The van der Waals surface area contributed by atoms with Crippen LogP contribution in [-0.2, 0) is 50.7 Å². The molecule has 63 heavy (non-hydrogen) atoms. The Hall–Kier alpha value is -2.70. The minimum Gasteiger partial charge on any atom is -0.386 e. The van der Waals surface area contributed by atoms with Gasteiger partial charge in [0.2, 0.25) is 16.9 Å². The van der Waals surface area contributed by atoms with Crippen molar-refractivity contribution in [3.63, 3.8) is 0 Å². The van der Waals surface area contributed by atoms with Gasteiger partial charge in [0, 0.05) is 30.7 Å². The highest BCUT2D eigenvalue weighted by Crippen LogP contribution is 2.61. The second-order valence-electron chi connectivity index (χ2n) is 16.1. The van der Waals surface area contributed by atoms with Crippen molar-refractivity contribution in [1.82, 2.24) is 30.2 Å². The van der Waals surface area contributed by atoms with Crippen molar-refractivity contribution in [2.75, 3.05) is 37.8 Å². The van der Waals surface area contributed by atoms with Gasteiger partial charge in [-0.1, -0.05) is 71.7 Å². The molecular formula is C35H60N7O17P3S. The molecule has 1 saturated heterocycles. The Morgan fingerprint density at radius 2 is 1.70 bits per heavy atom. The Kier molecular flexibility index (Phi) is 21.0. The van der Waals surface area contributed by atoms with E-state index in [0.29, 0.717) is 23.2 Å². The van der Waals surface area contributed by atoms with Crippen LogP contribution in [-0.4, -0.2) is 123 Å². The first-order valence-electron chi connectivity index (χ1n) is 19.9. The number of nitrogens with two attached hydrogens (primary N) is 1. The molecule has 8 unspecified atom stereocenters. The lowest BCUT2D eigenvalue weighted by molar-refractivity contribution is -0.137. The van der Waals surface area contributed by atoms with E-state index in [4.69, 9.17) is 19.5 Å². The fourth-order valence-electron chi connectivity index (χ4n) is 6.07. The van der Waals surface area contributed by atoms with Crippen LogP contribution in [0.5, 0.6) is 0 Å². The van der Waals surface area contributed by atoms with Gasteiger partial charge in [-0.25, -0.2) is 28.6 Å². The van der Waals surface area contributed by atoms with Gasteiger partial charge in [0.15, 0.2) is 17.7 Å². The molecule has 0 saturated carbocycles. The molecule has 1 fully saturated rings. The van der Waals surface area contributed by atoms with E-state index in [1.807, 2.05) is 6.08 Å². The zero-order valence-electron chi connectivity index (χ0n) is 35.8. The number of anilines is 1. The van der Waals surface area contributed by atoms with E-state index in [2.05, 4.69) is 55.2 Å². The summed E-state index contributed by atoms with van der Waals surface area (Å²) in [5.74, 6) is 0.166. The molecule has 0 aliphatic carbocycles. The molecule has 2 aromatic rings. The van der Waals surface area contributed by atoms with Crippen LogP contribution >= 0.6 is 35.2 Å². The summed E-state index contributed by atoms with van der Waals surface area (Å²) in [6, 6.07) is 0. The van der Waals surface area contributed by atoms with E-state index >= 15 is 0 Å². The average Bonchev–Trinajstić information content (AvgIpc) is 3.74. The number of aromatic nitrogens is 4. The number of allylic oxidation sites excluding steroid dienone is 1. The highest BCUT2D eigenvalue weighted by atomic mass is 32.2. The monoisotopic (exact) mass is 975 g/mol. The largest absolute Gasteiger partial charge is 0.481 e. The van der Waals surface area contributed by atoms with Crippen molar-refractivity contribution >= 4 is 69.1 Å². The molecule has 2 amide bonds. The van der Waals surface area contributed by atoms with Gasteiger partial charge in [-0.15, -0.1) is 0 Å². The number of phosphoric acid groups is 3. The van der Waals surface area contributed by atoms with Crippen LogP contribution in [0.4, 0.5) is 5.82 Å². The lowest BCUT2D eigenvalue weighted by Gasteiger charge is -2.30. The Morgan fingerprint density at radius 1 is 1.02 bits per heavy atom. The average molecular weight is 976 g/mol. The van der Waals surface area contributed by atoms with Crippen molar-refractivity contribution in [3.8, 4) is 0 Å². The van der Waals surface area contributed by atoms with Crippen LogP contribution < -0.4 is 16.4 Å². The van der Waals surface area contributed by atoms with Gasteiger partial charge in [-0.3, -0.25) is 32.5 Å². The smallest absolute Gasteiger partial charge is 0.386 e. The van der Waals surface area contributed by atoms with Crippen molar-refractivity contribution in [2.24, 2.45) is 17.3 Å². The first-order valence-corrected chi connectivity index (χ1v) is 25.5. The highest BCUT2D eigenvalue weighted by molar-refractivity contribution is 8.14. The van der Waals surface area contributed by atoms with Gasteiger partial charge < -0.3 is 50.9 Å². The number of nitrogens with zero attached hydrogens (tertiary/aromatic N) is 4. The summed E-state index contributed by atoms with van der Waals surface area (Å²) in [4.78, 5) is 88.5. The number of nitrogens with one attached hydrogen (secondary N) is 2. The number of phosphoric ester groups is 3. The molecule has 1 aliphatic heterocycles. The van der Waals surface area contributed by atoms with Crippen LogP contribution in [0.3, 0.4) is 0 Å². The Bertz CT molecular complexity index is 2040. The van der Waals surface area contributed by atoms with Crippen LogP contribution in [0, 0.1) is 17.3 Å². The molecule has 358 valence electrons. The van der Waals surface area contributed by atoms with E-state index in [9.17, 15) is 57.9 Å². The highest BCUT2D eigenvalue weighted by Gasteiger charge is 2.50. The Morgan fingerprint density at radius 3 is 2.37 bits per heavy atom. The van der Waals surface area contributed by atoms with Crippen molar-refractivity contribution in [1.29, 1.82) is 0 Å². The molecule has 8 atom stereocenters. The molecule has 28 heteroatoms. The standard InChI is InChI=1S/C35H60N7O17P3S/c1-21(2)9-7-10-22(3)11-8-12-23(4)34(47)63-16-15-37-25(43)13-14-38-32(46)29(45)35(5,6)18-56-62(53,54)59-61(51,52)55-17-24-28(58-60(48,49)50)27(44)33(57-24)42-20-41-26-30(36)39-19-40-31(26)42/h12,19-22,24,27-29,33,44-45H,7-11,13-18H2,1-6H3,(H,37,43)(H,38,46)(H,51,52)(H,53,54)(H2,36,39,40)(H2,48,49,50)/b23-12+. The molecule has 0 bridgehead atoms. The van der Waals surface area contributed by atoms with Crippen molar-refractivity contribution in [2.45, 2.75) is 111 Å². The van der Waals surface area contributed by atoms with Crippen molar-refractivity contribution in [3.05, 3.63) is 24.3 Å². The van der Waals surface area contributed by atoms with E-state index in [1.54, 1.807) is 6.92 Å². The Balaban J connectivity index is 1.41. The number of ether oxygens (including phenoxy) is 1. The molecule has 24 nitrogen and oxygen atoms in total. The van der Waals surface area contributed by atoms with Gasteiger partial charge >= 0.3 is 23.5 Å². The van der Waals surface area contributed by atoms with E-state index < -0.39 is 84.6 Å². The van der Waals surface area contributed by atoms with Gasteiger partial charge in [0.05, 0.1) is 19.5 Å². The van der Waals surface area contributed by atoms with Gasteiger partial charge in [0.1, 0.15) is 36.3 Å². The minimum atomic E-state index is -5.58. The SMILES string of the molecule is C/C(=C\CCC(C)CCCC(C)C)C(=O)SCCNC(=O)CCNC(=O)C(O)C(C)(C)COP(=O)(O)OP(=O)(O)OCC1OC(n2cnc3c(N)ncnc32)C(O)C1OP(=O)(O)O. The third-order valence-electron chi connectivity index (χ3n) is 9.65. The number of rotatable bonds is 27. The number of carbonyl (C=O) groups excluding carboxylic acids is 3. The molecule has 0 spiro atoms. The third-order valence-corrected chi connectivity index (χ3v) is 13.7. The topological polar surface area (TPSA) is 364 Å². The number of amides is 2. The summed E-state index contributed by atoms with van der Waals surface area (Å²) in [6.07, 6.45) is 0.427. The molecule has 1 aliphatic rings. The lowest BCUT2D eigenvalue weighted by Crippen LogP contribution is -2.46. The van der Waals surface area contributed by atoms with E-state index in [1.165, 1.54) is 26.7 Å². The molecule has 2 aromatic heterocycles. The first kappa shape index (κ1) is 54.6.